The minimum atomic E-state index is 0.275. The van der Waals surface area contributed by atoms with E-state index in [1.54, 1.807) is 7.11 Å². The molecule has 0 aromatic heterocycles. The van der Waals surface area contributed by atoms with Gasteiger partial charge in [-0.25, -0.2) is 0 Å². The van der Waals surface area contributed by atoms with Crippen LogP contribution in [0.1, 0.15) is 38.3 Å². The number of nitrogens with one attached hydrogen (secondary N) is 1. The third-order valence-electron chi connectivity index (χ3n) is 3.28. The Balaban J connectivity index is 1.88. The van der Waals surface area contributed by atoms with Gasteiger partial charge in [0.2, 0.25) is 0 Å². The van der Waals surface area contributed by atoms with Gasteiger partial charge < -0.3 is 10.1 Å². The van der Waals surface area contributed by atoms with Crippen LogP contribution in [0.4, 0.5) is 0 Å². The van der Waals surface area contributed by atoms with Crippen LogP contribution in [0.5, 0.6) is 5.75 Å². The van der Waals surface area contributed by atoms with Crippen LogP contribution < -0.4 is 10.1 Å². The van der Waals surface area contributed by atoms with Crippen LogP contribution in [-0.4, -0.2) is 24.1 Å². The number of hydrogen-bond acceptors (Lipinski definition) is 4. The van der Waals surface area contributed by atoms with Crippen LogP contribution in [0.15, 0.2) is 29.3 Å². The van der Waals surface area contributed by atoms with Gasteiger partial charge in [0.15, 0.2) is 5.17 Å². The fourth-order valence-corrected chi connectivity index (χ4v) is 3.34. The van der Waals surface area contributed by atoms with Gasteiger partial charge in [-0.3, -0.25) is 4.99 Å². The molecule has 19 heavy (non-hydrogen) atoms. The summed E-state index contributed by atoms with van der Waals surface area (Å²) in [4.78, 5) is 4.58. The predicted molar refractivity (Wildman–Crippen MR) is 83.1 cm³/mol. The fraction of sp³-hybridized carbons (Fsp3) is 0.533. The maximum atomic E-state index is 5.18. The second-order valence-corrected chi connectivity index (χ2v) is 6.10. The molecule has 1 aromatic rings. The van der Waals surface area contributed by atoms with Crippen LogP contribution in [-0.2, 0) is 0 Å². The third-order valence-corrected chi connectivity index (χ3v) is 4.47. The van der Waals surface area contributed by atoms with Gasteiger partial charge in [-0.1, -0.05) is 37.2 Å². The van der Waals surface area contributed by atoms with E-state index in [4.69, 9.17) is 4.74 Å². The Morgan fingerprint density at radius 2 is 2.16 bits per heavy atom. The van der Waals surface area contributed by atoms with Crippen molar-refractivity contribution in [2.24, 2.45) is 4.99 Å². The van der Waals surface area contributed by atoms with Crippen LogP contribution in [0.2, 0.25) is 0 Å². The summed E-state index contributed by atoms with van der Waals surface area (Å²) in [5.74, 6) is 0.895. The van der Waals surface area contributed by atoms with Gasteiger partial charge in [-0.15, -0.1) is 0 Å². The number of hydrogen-bond donors (Lipinski definition) is 1. The molecule has 2 atom stereocenters. The summed E-state index contributed by atoms with van der Waals surface area (Å²) in [6, 6.07) is 8.46. The van der Waals surface area contributed by atoms with Crippen molar-refractivity contribution in [3.8, 4) is 5.75 Å². The molecular formula is C15H22N2OS. The van der Waals surface area contributed by atoms with Crippen molar-refractivity contribution >= 4 is 16.9 Å². The SMILES string of the molecule is CCCC1CN=C(NC(C)c2ccc(OC)cc2)S1. The van der Waals surface area contributed by atoms with E-state index in [0.717, 1.165) is 17.5 Å². The topological polar surface area (TPSA) is 33.6 Å². The molecule has 4 heteroatoms. The molecule has 0 fully saturated rings. The number of amidine groups is 1. The molecule has 1 N–H and O–H groups in total. The highest BCUT2D eigenvalue weighted by Gasteiger charge is 2.20. The Bertz CT molecular complexity index is 430. The maximum Gasteiger partial charge on any atom is 0.157 e. The molecule has 1 heterocycles. The molecule has 2 rings (SSSR count). The summed E-state index contributed by atoms with van der Waals surface area (Å²) < 4.78 is 5.18. The molecule has 2 unspecified atom stereocenters. The first-order valence-electron chi connectivity index (χ1n) is 6.84. The molecule has 0 spiro atoms. The summed E-state index contributed by atoms with van der Waals surface area (Å²) in [5.41, 5.74) is 1.25. The molecule has 3 nitrogen and oxygen atoms in total. The van der Waals surface area contributed by atoms with Gasteiger partial charge in [0.05, 0.1) is 19.7 Å². The van der Waals surface area contributed by atoms with Crippen molar-refractivity contribution in [1.82, 2.24) is 5.32 Å². The molecule has 0 radical (unpaired) electrons. The highest BCUT2D eigenvalue weighted by molar-refractivity contribution is 8.14. The van der Waals surface area contributed by atoms with Crippen LogP contribution in [0, 0.1) is 0 Å². The average molecular weight is 278 g/mol. The fourth-order valence-electron chi connectivity index (χ4n) is 2.13. The number of benzene rings is 1. The third kappa shape index (κ3) is 3.90. The maximum absolute atomic E-state index is 5.18. The van der Waals surface area contributed by atoms with E-state index in [0.29, 0.717) is 5.25 Å². The van der Waals surface area contributed by atoms with E-state index in [-0.39, 0.29) is 6.04 Å². The second-order valence-electron chi connectivity index (χ2n) is 4.81. The number of aliphatic imine (C=N–C) groups is 1. The highest BCUT2D eigenvalue weighted by atomic mass is 32.2. The lowest BCUT2D eigenvalue weighted by Crippen LogP contribution is -2.23. The molecule has 0 aliphatic carbocycles. The largest absolute Gasteiger partial charge is 0.497 e. The van der Waals surface area contributed by atoms with Crippen LogP contribution in [0.25, 0.3) is 0 Å². The minimum Gasteiger partial charge on any atom is -0.497 e. The van der Waals surface area contributed by atoms with E-state index >= 15 is 0 Å². The smallest absolute Gasteiger partial charge is 0.157 e. The molecule has 0 saturated carbocycles. The molecule has 104 valence electrons. The quantitative estimate of drug-likeness (QED) is 0.893. The van der Waals surface area contributed by atoms with Gasteiger partial charge in [0.1, 0.15) is 5.75 Å². The Kier molecular flexibility index (Phi) is 5.14. The lowest BCUT2D eigenvalue weighted by molar-refractivity contribution is 0.414. The molecule has 1 aromatic carbocycles. The van der Waals surface area contributed by atoms with Crippen molar-refractivity contribution < 1.29 is 4.74 Å². The number of ether oxygens (including phenoxy) is 1. The first-order valence-corrected chi connectivity index (χ1v) is 7.72. The zero-order valence-corrected chi connectivity index (χ0v) is 12.7. The zero-order valence-electron chi connectivity index (χ0n) is 11.8. The van der Waals surface area contributed by atoms with Gasteiger partial charge in [0, 0.05) is 5.25 Å². The van der Waals surface area contributed by atoms with Crippen LogP contribution in [0.3, 0.4) is 0 Å². The predicted octanol–water partition coefficient (Wildman–Crippen LogP) is 3.62. The molecule has 0 saturated heterocycles. The molecule has 0 amide bonds. The Morgan fingerprint density at radius 3 is 2.79 bits per heavy atom. The normalized spacial score (nSPS) is 19.9. The van der Waals surface area contributed by atoms with E-state index in [1.165, 1.54) is 18.4 Å². The van der Waals surface area contributed by atoms with E-state index in [9.17, 15) is 0 Å². The van der Waals surface area contributed by atoms with Crippen molar-refractivity contribution in [1.29, 1.82) is 0 Å². The summed E-state index contributed by atoms with van der Waals surface area (Å²) >= 11 is 1.88. The van der Waals surface area contributed by atoms with Crippen molar-refractivity contribution in [2.75, 3.05) is 13.7 Å². The first-order chi connectivity index (χ1) is 9.22. The summed E-state index contributed by atoms with van der Waals surface area (Å²) in [5, 5.41) is 5.24. The van der Waals surface area contributed by atoms with Gasteiger partial charge in [0.25, 0.3) is 0 Å². The van der Waals surface area contributed by atoms with E-state index < -0.39 is 0 Å². The minimum absolute atomic E-state index is 0.275. The standard InChI is InChI=1S/C15H22N2OS/c1-4-5-14-10-16-15(19-14)17-11(2)12-6-8-13(18-3)9-7-12/h6-9,11,14H,4-5,10H2,1-3H3,(H,16,17). The first kappa shape index (κ1) is 14.3. The summed E-state index contributed by atoms with van der Waals surface area (Å²) in [6.45, 7) is 5.35. The number of rotatable bonds is 5. The summed E-state index contributed by atoms with van der Waals surface area (Å²) in [6.07, 6.45) is 2.48. The number of methoxy groups -OCH3 is 1. The zero-order chi connectivity index (χ0) is 13.7. The highest BCUT2D eigenvalue weighted by Crippen LogP contribution is 2.25. The monoisotopic (exact) mass is 278 g/mol. The van der Waals surface area contributed by atoms with Gasteiger partial charge >= 0.3 is 0 Å². The number of thioether (sulfide) groups is 1. The van der Waals surface area contributed by atoms with E-state index in [2.05, 4.69) is 36.3 Å². The molecular weight excluding hydrogens is 256 g/mol. The Hall–Kier alpha value is -1.16. The van der Waals surface area contributed by atoms with Gasteiger partial charge in [-0.05, 0) is 31.0 Å². The average Bonchev–Trinajstić information content (AvgIpc) is 2.86. The van der Waals surface area contributed by atoms with E-state index in [1.807, 2.05) is 23.9 Å². The lowest BCUT2D eigenvalue weighted by atomic mass is 10.1. The van der Waals surface area contributed by atoms with Crippen molar-refractivity contribution in [2.45, 2.75) is 38.0 Å². The van der Waals surface area contributed by atoms with Crippen molar-refractivity contribution in [3.05, 3.63) is 29.8 Å². The lowest BCUT2D eigenvalue weighted by Gasteiger charge is -2.16. The van der Waals surface area contributed by atoms with Crippen molar-refractivity contribution in [3.63, 3.8) is 0 Å². The Labute approximate surface area is 119 Å². The van der Waals surface area contributed by atoms with Gasteiger partial charge in [-0.2, -0.15) is 0 Å². The molecule has 0 bridgehead atoms. The number of nitrogens with zero attached hydrogens (tertiary/aromatic N) is 1. The van der Waals surface area contributed by atoms with Crippen LogP contribution >= 0.6 is 11.8 Å². The molecule has 1 aliphatic rings. The summed E-state index contributed by atoms with van der Waals surface area (Å²) in [7, 11) is 1.69. The second kappa shape index (κ2) is 6.85. The Morgan fingerprint density at radius 1 is 1.42 bits per heavy atom. The molecule has 1 aliphatic heterocycles.